The maximum atomic E-state index is 13.1. The van der Waals surface area contributed by atoms with E-state index in [-0.39, 0.29) is 10.6 Å². The van der Waals surface area contributed by atoms with Gasteiger partial charge in [-0.3, -0.25) is 9.59 Å². The molecule has 9 heteroatoms. The van der Waals surface area contributed by atoms with Gasteiger partial charge in [0.25, 0.3) is 0 Å². The monoisotopic (exact) mass is 414 g/mol. The zero-order valence-electron chi connectivity index (χ0n) is 16.0. The van der Waals surface area contributed by atoms with E-state index in [1.54, 1.807) is 0 Å². The van der Waals surface area contributed by atoms with Gasteiger partial charge in [0.1, 0.15) is 5.92 Å². The van der Waals surface area contributed by atoms with E-state index in [0.29, 0.717) is 31.9 Å². The molecule has 2 heterocycles. The minimum absolute atomic E-state index is 0.0912. The number of rotatable bonds is 3. The highest BCUT2D eigenvalue weighted by Gasteiger charge is 2.31. The number of nitrogens with zero attached hydrogens (tertiary/aromatic N) is 2. The molecule has 0 aliphatic carbocycles. The topological polar surface area (TPSA) is 98.8 Å². The molecule has 2 aromatic rings. The number of nitrogens with one attached hydrogen (secondary N) is 2. The zero-order valence-corrected chi connectivity index (χ0v) is 16.8. The Kier molecular flexibility index (Phi) is 5.01. The number of carbonyl (C=O) groups is 2. The van der Waals surface area contributed by atoms with Gasteiger partial charge < -0.3 is 15.5 Å². The Labute approximate surface area is 169 Å². The SMILES string of the molecule is CC1C(=O)Nc2ccc(S(=O)(=O)N3CCN(c4ccccc4)CC3)cc2NC1=O. The van der Waals surface area contributed by atoms with Gasteiger partial charge in [0.15, 0.2) is 0 Å². The summed E-state index contributed by atoms with van der Waals surface area (Å²) in [5.74, 6) is -1.74. The van der Waals surface area contributed by atoms with Crippen molar-refractivity contribution in [1.82, 2.24) is 4.31 Å². The lowest BCUT2D eigenvalue weighted by Crippen LogP contribution is -2.48. The maximum absolute atomic E-state index is 13.1. The molecule has 8 nitrogen and oxygen atoms in total. The Morgan fingerprint density at radius 1 is 0.862 bits per heavy atom. The van der Waals surface area contributed by atoms with E-state index < -0.39 is 27.8 Å². The van der Waals surface area contributed by atoms with E-state index in [9.17, 15) is 18.0 Å². The fraction of sp³-hybridized carbons (Fsp3) is 0.300. The van der Waals surface area contributed by atoms with Crippen molar-refractivity contribution in [2.75, 3.05) is 41.7 Å². The zero-order chi connectivity index (χ0) is 20.6. The van der Waals surface area contributed by atoms with Crippen molar-refractivity contribution in [1.29, 1.82) is 0 Å². The van der Waals surface area contributed by atoms with Crippen LogP contribution in [0, 0.1) is 5.92 Å². The minimum Gasteiger partial charge on any atom is -0.369 e. The number of anilines is 3. The molecule has 0 bridgehead atoms. The molecule has 1 fully saturated rings. The molecular weight excluding hydrogens is 392 g/mol. The van der Waals surface area contributed by atoms with E-state index in [1.165, 1.54) is 29.4 Å². The Bertz CT molecular complexity index is 1050. The Balaban J connectivity index is 1.54. The smallest absolute Gasteiger partial charge is 0.243 e. The quantitative estimate of drug-likeness (QED) is 0.746. The standard InChI is InChI=1S/C20H22N4O4S/c1-14-19(25)21-17-8-7-16(13-18(17)22-20(14)26)29(27,28)24-11-9-23(10-12-24)15-5-3-2-4-6-15/h2-8,13-14H,9-12H2,1H3,(H,21,25)(H,22,26). The minimum atomic E-state index is -3.71. The highest BCUT2D eigenvalue weighted by molar-refractivity contribution is 7.89. The lowest BCUT2D eigenvalue weighted by atomic mass is 10.1. The summed E-state index contributed by atoms with van der Waals surface area (Å²) < 4.78 is 27.7. The van der Waals surface area contributed by atoms with E-state index in [1.807, 2.05) is 30.3 Å². The van der Waals surface area contributed by atoms with Gasteiger partial charge in [0.05, 0.1) is 16.3 Å². The molecule has 0 radical (unpaired) electrons. The van der Waals surface area contributed by atoms with Crippen molar-refractivity contribution in [3.05, 3.63) is 48.5 Å². The molecule has 0 spiro atoms. The molecule has 2 amide bonds. The molecule has 2 aliphatic rings. The molecule has 2 N–H and O–H groups in total. The highest BCUT2D eigenvalue weighted by atomic mass is 32.2. The summed E-state index contributed by atoms with van der Waals surface area (Å²) in [5, 5.41) is 5.28. The van der Waals surface area contributed by atoms with Gasteiger partial charge in [-0.05, 0) is 37.3 Å². The van der Waals surface area contributed by atoms with Crippen LogP contribution in [0.5, 0.6) is 0 Å². The van der Waals surface area contributed by atoms with Crippen molar-refractivity contribution in [3.63, 3.8) is 0 Å². The van der Waals surface area contributed by atoms with Crippen LogP contribution in [0.2, 0.25) is 0 Å². The van der Waals surface area contributed by atoms with Gasteiger partial charge in [-0.1, -0.05) is 18.2 Å². The van der Waals surface area contributed by atoms with Crippen molar-refractivity contribution in [2.45, 2.75) is 11.8 Å². The van der Waals surface area contributed by atoms with Crippen molar-refractivity contribution >= 4 is 38.9 Å². The first-order valence-electron chi connectivity index (χ1n) is 9.42. The van der Waals surface area contributed by atoms with Gasteiger partial charge in [0, 0.05) is 31.9 Å². The number of benzene rings is 2. The van der Waals surface area contributed by atoms with Crippen molar-refractivity contribution in [3.8, 4) is 0 Å². The summed E-state index contributed by atoms with van der Waals surface area (Å²) in [7, 11) is -3.71. The second kappa shape index (κ2) is 7.49. The highest BCUT2D eigenvalue weighted by Crippen LogP contribution is 2.30. The molecule has 4 rings (SSSR count). The summed E-state index contributed by atoms with van der Waals surface area (Å²) in [6.07, 6.45) is 0. The molecule has 2 aliphatic heterocycles. The van der Waals surface area contributed by atoms with Crippen LogP contribution in [0.3, 0.4) is 0 Å². The molecule has 0 saturated carbocycles. The molecule has 1 unspecified atom stereocenters. The van der Waals surface area contributed by atoms with Crippen LogP contribution >= 0.6 is 0 Å². The van der Waals surface area contributed by atoms with Crippen molar-refractivity contribution < 1.29 is 18.0 Å². The first-order chi connectivity index (χ1) is 13.9. The second-order valence-corrected chi connectivity index (χ2v) is 9.07. The van der Waals surface area contributed by atoms with Crippen LogP contribution in [-0.4, -0.2) is 50.7 Å². The molecule has 2 aromatic carbocycles. The first kappa shape index (κ1) is 19.4. The largest absolute Gasteiger partial charge is 0.369 e. The maximum Gasteiger partial charge on any atom is 0.243 e. The predicted octanol–water partition coefficient (Wildman–Crippen LogP) is 1.72. The first-order valence-corrected chi connectivity index (χ1v) is 10.9. The van der Waals surface area contributed by atoms with E-state index in [2.05, 4.69) is 15.5 Å². The third-order valence-corrected chi connectivity index (χ3v) is 7.19. The number of hydrogen-bond donors (Lipinski definition) is 2. The number of carbonyl (C=O) groups excluding carboxylic acids is 2. The van der Waals surface area contributed by atoms with Crippen LogP contribution in [0.4, 0.5) is 17.1 Å². The fourth-order valence-corrected chi connectivity index (χ4v) is 4.92. The van der Waals surface area contributed by atoms with Gasteiger partial charge in [0.2, 0.25) is 21.8 Å². The molecule has 0 aromatic heterocycles. The fourth-order valence-electron chi connectivity index (χ4n) is 3.47. The Morgan fingerprint density at radius 3 is 2.14 bits per heavy atom. The average Bonchev–Trinajstić information content (AvgIpc) is 2.84. The molecule has 1 saturated heterocycles. The van der Waals surface area contributed by atoms with Crippen molar-refractivity contribution in [2.24, 2.45) is 5.92 Å². The number of piperazine rings is 1. The third-order valence-electron chi connectivity index (χ3n) is 5.29. The molecule has 152 valence electrons. The van der Waals surface area contributed by atoms with Gasteiger partial charge in [-0.15, -0.1) is 0 Å². The van der Waals surface area contributed by atoms with Crippen LogP contribution in [0.25, 0.3) is 0 Å². The number of hydrogen-bond acceptors (Lipinski definition) is 5. The van der Waals surface area contributed by atoms with Crippen LogP contribution in [0.15, 0.2) is 53.4 Å². The normalized spacial score (nSPS) is 20.4. The van der Waals surface area contributed by atoms with Crippen LogP contribution < -0.4 is 15.5 Å². The summed E-state index contributed by atoms with van der Waals surface area (Å²) in [6, 6.07) is 14.3. The lowest BCUT2D eigenvalue weighted by Gasteiger charge is -2.35. The number of sulfonamides is 1. The summed E-state index contributed by atoms with van der Waals surface area (Å²) in [6.45, 7) is 3.43. The Hall–Kier alpha value is -2.91. The van der Waals surface area contributed by atoms with Gasteiger partial charge in [-0.25, -0.2) is 8.42 Å². The average molecular weight is 414 g/mol. The number of amides is 2. The Morgan fingerprint density at radius 2 is 1.48 bits per heavy atom. The van der Waals surface area contributed by atoms with E-state index >= 15 is 0 Å². The predicted molar refractivity (Wildman–Crippen MR) is 110 cm³/mol. The molecule has 1 atom stereocenters. The molecular formula is C20H22N4O4S. The van der Waals surface area contributed by atoms with E-state index in [0.717, 1.165) is 5.69 Å². The third kappa shape index (κ3) is 3.70. The van der Waals surface area contributed by atoms with Crippen LogP contribution in [0.1, 0.15) is 6.92 Å². The van der Waals surface area contributed by atoms with Gasteiger partial charge >= 0.3 is 0 Å². The summed E-state index contributed by atoms with van der Waals surface area (Å²) in [5.41, 5.74) is 1.75. The van der Waals surface area contributed by atoms with Gasteiger partial charge in [-0.2, -0.15) is 4.31 Å². The summed E-state index contributed by atoms with van der Waals surface area (Å²) >= 11 is 0. The second-order valence-electron chi connectivity index (χ2n) is 7.13. The summed E-state index contributed by atoms with van der Waals surface area (Å²) in [4.78, 5) is 26.3. The van der Waals surface area contributed by atoms with Crippen LogP contribution in [-0.2, 0) is 19.6 Å². The lowest BCUT2D eigenvalue weighted by molar-refractivity contribution is -0.128. The van der Waals surface area contributed by atoms with E-state index in [4.69, 9.17) is 0 Å². The number of fused-ring (bicyclic) bond motifs is 1. The number of para-hydroxylation sites is 1. The molecule has 29 heavy (non-hydrogen) atoms.